The highest BCUT2D eigenvalue weighted by Crippen LogP contribution is 2.19. The maximum atomic E-state index is 12.3. The number of nitrogens with one attached hydrogen (secondary N) is 2. The Kier molecular flexibility index (Phi) is 5.48. The number of rotatable bonds is 6. The first-order chi connectivity index (χ1) is 12.5. The lowest BCUT2D eigenvalue weighted by molar-refractivity contribution is -0.121. The maximum Gasteiger partial charge on any atom is 0.293 e. The van der Waals surface area contributed by atoms with E-state index in [9.17, 15) is 9.59 Å². The summed E-state index contributed by atoms with van der Waals surface area (Å²) in [5.74, 6) is -0.268. The molecular formula is C19H19N3O3S. The summed E-state index contributed by atoms with van der Waals surface area (Å²) >= 11 is 1.27. The number of hydrogen-bond donors (Lipinski definition) is 2. The van der Waals surface area contributed by atoms with E-state index in [-0.39, 0.29) is 30.0 Å². The van der Waals surface area contributed by atoms with E-state index in [2.05, 4.69) is 15.6 Å². The molecule has 0 saturated carbocycles. The van der Waals surface area contributed by atoms with Crippen LogP contribution >= 0.6 is 11.3 Å². The van der Waals surface area contributed by atoms with E-state index in [1.165, 1.54) is 17.6 Å². The number of thiazole rings is 1. The largest absolute Gasteiger partial charge is 0.459 e. The van der Waals surface area contributed by atoms with Gasteiger partial charge in [0.15, 0.2) is 10.9 Å². The normalized spacial score (nSPS) is 11.8. The molecule has 0 fully saturated rings. The van der Waals surface area contributed by atoms with Gasteiger partial charge in [0.25, 0.3) is 5.91 Å². The van der Waals surface area contributed by atoms with Crippen LogP contribution in [0.4, 0.5) is 5.13 Å². The second-order valence-corrected chi connectivity index (χ2v) is 6.76. The number of carbonyl (C=O) groups is 2. The van der Waals surface area contributed by atoms with E-state index in [1.807, 2.05) is 38.1 Å². The lowest BCUT2D eigenvalue weighted by Gasteiger charge is -2.16. The van der Waals surface area contributed by atoms with Crippen molar-refractivity contribution >= 4 is 28.3 Å². The Morgan fingerprint density at radius 1 is 1.23 bits per heavy atom. The van der Waals surface area contributed by atoms with Crippen LogP contribution in [0.1, 0.15) is 40.3 Å². The number of carbonyl (C=O) groups excluding carboxylic acids is 2. The van der Waals surface area contributed by atoms with Crippen LogP contribution in [0.2, 0.25) is 0 Å². The maximum absolute atomic E-state index is 12.3. The fourth-order valence-electron chi connectivity index (χ4n) is 2.62. The van der Waals surface area contributed by atoms with Crippen LogP contribution in [0, 0.1) is 6.92 Å². The summed E-state index contributed by atoms with van der Waals surface area (Å²) in [7, 11) is 0. The van der Waals surface area contributed by atoms with E-state index >= 15 is 0 Å². The number of anilines is 1. The molecule has 2 amide bonds. The number of amides is 2. The van der Waals surface area contributed by atoms with E-state index in [0.717, 1.165) is 11.1 Å². The molecule has 7 heteroatoms. The molecule has 2 N–H and O–H groups in total. The first-order valence-electron chi connectivity index (χ1n) is 8.17. The number of aryl methyl sites for hydroxylation is 1. The van der Waals surface area contributed by atoms with Gasteiger partial charge in [0.1, 0.15) is 0 Å². The van der Waals surface area contributed by atoms with Crippen LogP contribution in [0.15, 0.2) is 52.5 Å². The molecule has 2 heterocycles. The Hall–Kier alpha value is -2.93. The zero-order valence-electron chi connectivity index (χ0n) is 14.5. The average Bonchev–Trinajstić information content (AvgIpc) is 3.27. The van der Waals surface area contributed by atoms with Gasteiger partial charge in [-0.2, -0.15) is 0 Å². The highest BCUT2D eigenvalue weighted by molar-refractivity contribution is 7.14. The molecule has 0 aliphatic heterocycles. The zero-order valence-corrected chi connectivity index (χ0v) is 15.3. The van der Waals surface area contributed by atoms with Gasteiger partial charge in [-0.15, -0.1) is 11.3 Å². The van der Waals surface area contributed by atoms with Crippen molar-refractivity contribution in [1.29, 1.82) is 0 Å². The smallest absolute Gasteiger partial charge is 0.293 e. The van der Waals surface area contributed by atoms with Gasteiger partial charge >= 0.3 is 0 Å². The third kappa shape index (κ3) is 4.37. The van der Waals surface area contributed by atoms with Gasteiger partial charge in [0, 0.05) is 5.38 Å². The first kappa shape index (κ1) is 17.9. The van der Waals surface area contributed by atoms with Crippen LogP contribution in [0.25, 0.3) is 0 Å². The van der Waals surface area contributed by atoms with Gasteiger partial charge in [0.2, 0.25) is 5.91 Å². The van der Waals surface area contributed by atoms with Crippen molar-refractivity contribution in [3.8, 4) is 0 Å². The Bertz CT molecular complexity index is 902. The molecule has 134 valence electrons. The fourth-order valence-corrected chi connectivity index (χ4v) is 3.32. The Morgan fingerprint density at radius 2 is 2.04 bits per heavy atom. The molecule has 0 aliphatic carbocycles. The summed E-state index contributed by atoms with van der Waals surface area (Å²) in [4.78, 5) is 28.5. The van der Waals surface area contributed by atoms with Gasteiger partial charge in [-0.1, -0.05) is 24.3 Å². The predicted molar refractivity (Wildman–Crippen MR) is 100 cm³/mol. The minimum Gasteiger partial charge on any atom is -0.459 e. The van der Waals surface area contributed by atoms with Crippen LogP contribution < -0.4 is 10.6 Å². The molecule has 0 bridgehead atoms. The first-order valence-corrected chi connectivity index (χ1v) is 9.05. The average molecular weight is 369 g/mol. The van der Waals surface area contributed by atoms with Gasteiger partial charge in [-0.25, -0.2) is 4.98 Å². The molecule has 2 aromatic heterocycles. The van der Waals surface area contributed by atoms with Crippen molar-refractivity contribution in [3.63, 3.8) is 0 Å². The van der Waals surface area contributed by atoms with Crippen molar-refractivity contribution < 1.29 is 14.0 Å². The summed E-state index contributed by atoms with van der Waals surface area (Å²) in [5, 5.41) is 7.83. The van der Waals surface area contributed by atoms with Gasteiger partial charge < -0.3 is 9.73 Å². The number of aromatic nitrogens is 1. The Labute approximate surface area is 155 Å². The van der Waals surface area contributed by atoms with Gasteiger partial charge in [-0.3, -0.25) is 14.9 Å². The van der Waals surface area contributed by atoms with Gasteiger partial charge in [0.05, 0.1) is 24.4 Å². The molecule has 1 aromatic carbocycles. The molecule has 3 aromatic rings. The van der Waals surface area contributed by atoms with E-state index in [0.29, 0.717) is 10.8 Å². The summed E-state index contributed by atoms with van der Waals surface area (Å²) < 4.78 is 5.03. The van der Waals surface area contributed by atoms with E-state index in [4.69, 9.17) is 4.42 Å². The SMILES string of the molecule is Cc1ccccc1C(C)NC(=O)Cc1csc(NC(=O)c2ccco2)n1. The third-order valence-electron chi connectivity index (χ3n) is 3.89. The molecule has 3 rings (SSSR count). The highest BCUT2D eigenvalue weighted by Gasteiger charge is 2.15. The summed E-state index contributed by atoms with van der Waals surface area (Å²) in [6, 6.07) is 11.1. The fraction of sp³-hybridized carbons (Fsp3) is 0.211. The molecule has 1 atom stereocenters. The molecule has 0 spiro atoms. The third-order valence-corrected chi connectivity index (χ3v) is 4.70. The second-order valence-electron chi connectivity index (χ2n) is 5.90. The minimum atomic E-state index is -0.367. The summed E-state index contributed by atoms with van der Waals surface area (Å²) in [5.41, 5.74) is 2.83. The molecule has 1 unspecified atom stereocenters. The van der Waals surface area contributed by atoms with E-state index in [1.54, 1.807) is 17.5 Å². The number of hydrogen-bond acceptors (Lipinski definition) is 5. The van der Waals surface area contributed by atoms with Crippen molar-refractivity contribution in [1.82, 2.24) is 10.3 Å². The van der Waals surface area contributed by atoms with Crippen molar-refractivity contribution in [2.24, 2.45) is 0 Å². The molecule has 0 aliphatic rings. The lowest BCUT2D eigenvalue weighted by atomic mass is 10.0. The zero-order chi connectivity index (χ0) is 18.5. The standard InChI is InChI=1S/C19H19N3O3S/c1-12-6-3-4-7-15(12)13(2)20-17(23)10-14-11-26-19(21-14)22-18(24)16-8-5-9-25-16/h3-9,11,13H,10H2,1-2H3,(H,20,23)(H,21,22,24). The van der Waals surface area contributed by atoms with Crippen molar-refractivity contribution in [2.75, 3.05) is 5.32 Å². The van der Waals surface area contributed by atoms with Crippen LogP contribution in [0.3, 0.4) is 0 Å². The van der Waals surface area contributed by atoms with Crippen molar-refractivity contribution in [2.45, 2.75) is 26.3 Å². The predicted octanol–water partition coefficient (Wildman–Crippen LogP) is 3.72. The molecule has 0 saturated heterocycles. The molecule has 0 radical (unpaired) electrons. The molecule has 6 nitrogen and oxygen atoms in total. The number of benzene rings is 1. The second kappa shape index (κ2) is 7.97. The topological polar surface area (TPSA) is 84.2 Å². The minimum absolute atomic E-state index is 0.0829. The number of furan rings is 1. The molecular weight excluding hydrogens is 350 g/mol. The van der Waals surface area contributed by atoms with E-state index < -0.39 is 0 Å². The monoisotopic (exact) mass is 369 g/mol. The van der Waals surface area contributed by atoms with Crippen LogP contribution in [0.5, 0.6) is 0 Å². The summed E-state index contributed by atoms with van der Waals surface area (Å²) in [6.45, 7) is 3.97. The highest BCUT2D eigenvalue weighted by atomic mass is 32.1. The van der Waals surface area contributed by atoms with Crippen LogP contribution in [-0.4, -0.2) is 16.8 Å². The Morgan fingerprint density at radius 3 is 2.77 bits per heavy atom. The van der Waals surface area contributed by atoms with Crippen LogP contribution in [-0.2, 0) is 11.2 Å². The number of nitrogens with zero attached hydrogens (tertiary/aromatic N) is 1. The molecule has 26 heavy (non-hydrogen) atoms. The lowest BCUT2D eigenvalue weighted by Crippen LogP contribution is -2.28. The quantitative estimate of drug-likeness (QED) is 0.694. The Balaban J connectivity index is 1.56. The summed E-state index contributed by atoms with van der Waals surface area (Å²) in [6.07, 6.45) is 1.59. The van der Waals surface area contributed by atoms with Gasteiger partial charge in [-0.05, 0) is 37.1 Å². The van der Waals surface area contributed by atoms with Crippen molar-refractivity contribution in [3.05, 3.63) is 70.6 Å².